The zero-order valence-electron chi connectivity index (χ0n) is 13.3. The topological polar surface area (TPSA) is 50.3 Å². The van der Waals surface area contributed by atoms with Crippen molar-refractivity contribution in [1.29, 1.82) is 0 Å². The standard InChI is InChI=1S/C17H17ClF2N4O/c18-14-6-13-15(23-22-14)21-10-17(16(19)20)7-12(8-24(13)17)25-9-11-4-2-1-3-5-11/h1-6,12,16H,7-10H2,(H,21,23)/t12-,17-/m1/s1. The Labute approximate surface area is 148 Å². The van der Waals surface area contributed by atoms with Crippen molar-refractivity contribution < 1.29 is 13.5 Å². The lowest BCUT2D eigenvalue weighted by Gasteiger charge is -2.43. The molecule has 132 valence electrons. The van der Waals surface area contributed by atoms with Gasteiger partial charge in [-0.1, -0.05) is 41.9 Å². The van der Waals surface area contributed by atoms with Gasteiger partial charge in [0, 0.05) is 25.6 Å². The van der Waals surface area contributed by atoms with Gasteiger partial charge in [-0.3, -0.25) is 0 Å². The Morgan fingerprint density at radius 2 is 2.12 bits per heavy atom. The van der Waals surface area contributed by atoms with Crippen LogP contribution in [-0.2, 0) is 11.3 Å². The molecule has 0 spiro atoms. The summed E-state index contributed by atoms with van der Waals surface area (Å²) in [5.41, 5.74) is 0.254. The number of hydrogen-bond donors (Lipinski definition) is 1. The smallest absolute Gasteiger partial charge is 0.263 e. The Hall–Kier alpha value is -1.99. The average molecular weight is 367 g/mol. The van der Waals surface area contributed by atoms with Crippen LogP contribution in [0.4, 0.5) is 20.3 Å². The molecular weight excluding hydrogens is 350 g/mol. The van der Waals surface area contributed by atoms with Crippen LogP contribution in [-0.4, -0.2) is 41.4 Å². The second-order valence-electron chi connectivity index (χ2n) is 6.39. The van der Waals surface area contributed by atoms with Crippen molar-refractivity contribution in [3.8, 4) is 0 Å². The van der Waals surface area contributed by atoms with Gasteiger partial charge in [0.1, 0.15) is 5.54 Å². The third kappa shape index (κ3) is 2.91. The van der Waals surface area contributed by atoms with Crippen LogP contribution in [0, 0.1) is 0 Å². The molecule has 8 heteroatoms. The number of anilines is 2. The van der Waals surface area contributed by atoms with Gasteiger partial charge in [-0.15, -0.1) is 10.2 Å². The number of hydrogen-bond acceptors (Lipinski definition) is 5. The number of alkyl halides is 2. The van der Waals surface area contributed by atoms with Crippen LogP contribution in [0.1, 0.15) is 12.0 Å². The van der Waals surface area contributed by atoms with E-state index in [-0.39, 0.29) is 24.2 Å². The summed E-state index contributed by atoms with van der Waals surface area (Å²) in [6.07, 6.45) is -2.58. The Morgan fingerprint density at radius 1 is 1.32 bits per heavy atom. The van der Waals surface area contributed by atoms with Crippen LogP contribution in [0.25, 0.3) is 0 Å². The molecule has 0 unspecified atom stereocenters. The van der Waals surface area contributed by atoms with E-state index in [0.29, 0.717) is 24.7 Å². The summed E-state index contributed by atoms with van der Waals surface area (Å²) in [5.74, 6) is 0.476. The summed E-state index contributed by atoms with van der Waals surface area (Å²) in [4.78, 5) is 1.68. The highest BCUT2D eigenvalue weighted by Crippen LogP contribution is 2.45. The lowest BCUT2D eigenvalue weighted by atomic mass is 9.93. The number of halogens is 3. The average Bonchev–Trinajstić information content (AvgIpc) is 3.01. The molecule has 1 fully saturated rings. The Kier molecular flexibility index (Phi) is 4.21. The molecule has 3 heterocycles. The Bertz CT molecular complexity index is 764. The van der Waals surface area contributed by atoms with Gasteiger partial charge in [-0.05, 0) is 5.56 Å². The van der Waals surface area contributed by atoms with Crippen molar-refractivity contribution >= 4 is 23.1 Å². The van der Waals surface area contributed by atoms with Crippen LogP contribution in [0.3, 0.4) is 0 Å². The first kappa shape index (κ1) is 16.5. The lowest BCUT2D eigenvalue weighted by molar-refractivity contribution is 0.0216. The minimum atomic E-state index is -2.52. The third-order valence-electron chi connectivity index (χ3n) is 4.84. The number of rotatable bonds is 4. The Morgan fingerprint density at radius 3 is 2.88 bits per heavy atom. The number of ether oxygens (including phenoxy) is 1. The van der Waals surface area contributed by atoms with Crippen LogP contribution in [0.5, 0.6) is 0 Å². The summed E-state index contributed by atoms with van der Waals surface area (Å²) >= 11 is 5.92. The van der Waals surface area contributed by atoms with Gasteiger partial charge in [0.25, 0.3) is 6.43 Å². The van der Waals surface area contributed by atoms with Gasteiger partial charge in [0.15, 0.2) is 11.0 Å². The van der Waals surface area contributed by atoms with Gasteiger partial charge in [-0.2, -0.15) is 0 Å². The van der Waals surface area contributed by atoms with Gasteiger partial charge in [-0.25, -0.2) is 8.78 Å². The predicted octanol–water partition coefficient (Wildman–Crippen LogP) is 3.35. The number of nitrogens with one attached hydrogen (secondary N) is 1. The van der Waals surface area contributed by atoms with Gasteiger partial charge >= 0.3 is 0 Å². The van der Waals surface area contributed by atoms with E-state index in [9.17, 15) is 8.78 Å². The summed E-state index contributed by atoms with van der Waals surface area (Å²) < 4.78 is 33.9. The van der Waals surface area contributed by atoms with E-state index in [4.69, 9.17) is 16.3 Å². The molecule has 1 saturated heterocycles. The van der Waals surface area contributed by atoms with E-state index in [1.54, 1.807) is 11.0 Å². The highest BCUT2D eigenvalue weighted by Gasteiger charge is 2.55. The van der Waals surface area contributed by atoms with Crippen molar-refractivity contribution in [3.63, 3.8) is 0 Å². The molecule has 0 bridgehead atoms. The van der Waals surface area contributed by atoms with Crippen molar-refractivity contribution in [1.82, 2.24) is 10.2 Å². The second kappa shape index (κ2) is 6.38. The molecule has 2 aromatic rings. The fourth-order valence-corrected chi connectivity index (χ4v) is 3.71. The van der Waals surface area contributed by atoms with Crippen molar-refractivity contribution in [2.24, 2.45) is 0 Å². The van der Waals surface area contributed by atoms with Crippen molar-refractivity contribution in [2.75, 3.05) is 23.3 Å². The van der Waals surface area contributed by atoms with Crippen molar-refractivity contribution in [2.45, 2.75) is 31.1 Å². The molecule has 4 rings (SSSR count). The molecule has 0 radical (unpaired) electrons. The van der Waals surface area contributed by atoms with Crippen LogP contribution >= 0.6 is 11.6 Å². The number of fused-ring (bicyclic) bond motifs is 3. The van der Waals surface area contributed by atoms with Gasteiger partial charge in [0.2, 0.25) is 0 Å². The first-order chi connectivity index (χ1) is 12.1. The van der Waals surface area contributed by atoms with Gasteiger partial charge in [0.05, 0.1) is 18.4 Å². The largest absolute Gasteiger partial charge is 0.372 e. The number of benzene rings is 1. The fourth-order valence-electron chi connectivity index (χ4n) is 3.57. The lowest BCUT2D eigenvalue weighted by Crippen LogP contribution is -2.57. The SMILES string of the molecule is FC(F)[C@@]12CNc3nnc(Cl)cc3N1C[C@H](OCc1ccccc1)C2. The minimum Gasteiger partial charge on any atom is -0.372 e. The number of aromatic nitrogens is 2. The molecule has 0 aliphatic carbocycles. The summed E-state index contributed by atoms with van der Waals surface area (Å²) in [6, 6.07) is 11.3. The fraction of sp³-hybridized carbons (Fsp3) is 0.412. The normalized spacial score (nSPS) is 24.8. The quantitative estimate of drug-likeness (QED) is 0.899. The molecule has 1 aromatic heterocycles. The predicted molar refractivity (Wildman–Crippen MR) is 91.2 cm³/mol. The van der Waals surface area contributed by atoms with E-state index in [1.807, 2.05) is 30.3 Å². The van der Waals surface area contributed by atoms with Crippen molar-refractivity contribution in [3.05, 3.63) is 47.1 Å². The van der Waals surface area contributed by atoms with E-state index >= 15 is 0 Å². The molecule has 0 saturated carbocycles. The molecule has 2 atom stereocenters. The molecular formula is C17H17ClF2N4O. The molecule has 1 N–H and O–H groups in total. The first-order valence-corrected chi connectivity index (χ1v) is 8.45. The summed E-state index contributed by atoms with van der Waals surface area (Å²) in [6.45, 7) is 0.862. The maximum absolute atomic E-state index is 14.0. The zero-order chi connectivity index (χ0) is 17.4. The summed E-state index contributed by atoms with van der Waals surface area (Å²) in [5, 5.41) is 10.9. The minimum absolute atomic E-state index is 0.0964. The first-order valence-electron chi connectivity index (χ1n) is 8.07. The molecule has 1 aromatic carbocycles. The second-order valence-corrected chi connectivity index (χ2v) is 6.78. The molecule has 2 aliphatic heterocycles. The molecule has 5 nitrogen and oxygen atoms in total. The molecule has 25 heavy (non-hydrogen) atoms. The van der Waals surface area contributed by atoms with E-state index < -0.39 is 12.0 Å². The van der Waals surface area contributed by atoms with Crippen LogP contribution in [0.2, 0.25) is 5.15 Å². The third-order valence-corrected chi connectivity index (χ3v) is 5.02. The van der Waals surface area contributed by atoms with Crippen LogP contribution < -0.4 is 10.2 Å². The molecule has 0 amide bonds. The maximum Gasteiger partial charge on any atom is 0.263 e. The van der Waals surface area contributed by atoms with E-state index in [1.165, 1.54) is 0 Å². The Balaban J connectivity index is 1.58. The summed E-state index contributed by atoms with van der Waals surface area (Å²) in [7, 11) is 0. The highest BCUT2D eigenvalue weighted by molar-refractivity contribution is 6.29. The highest BCUT2D eigenvalue weighted by atomic mass is 35.5. The number of nitrogens with zero attached hydrogens (tertiary/aromatic N) is 3. The monoisotopic (exact) mass is 366 g/mol. The van der Waals surface area contributed by atoms with Gasteiger partial charge < -0.3 is 15.0 Å². The zero-order valence-corrected chi connectivity index (χ0v) is 14.1. The van der Waals surface area contributed by atoms with E-state index in [0.717, 1.165) is 5.56 Å². The van der Waals surface area contributed by atoms with Crippen LogP contribution in [0.15, 0.2) is 36.4 Å². The van der Waals surface area contributed by atoms with E-state index in [2.05, 4.69) is 15.5 Å². The molecule has 2 aliphatic rings. The maximum atomic E-state index is 14.0.